The molecule has 0 radical (unpaired) electrons. The average molecular weight is 258 g/mol. The number of guanidine groups is 1. The normalized spacial score (nSPS) is 30.6. The summed E-state index contributed by atoms with van der Waals surface area (Å²) in [6.07, 6.45) is 3.00. The van der Waals surface area contributed by atoms with Gasteiger partial charge >= 0.3 is 5.97 Å². The van der Waals surface area contributed by atoms with E-state index in [2.05, 4.69) is 15.7 Å². The molecule has 0 aromatic heterocycles. The summed E-state index contributed by atoms with van der Waals surface area (Å²) in [7, 11) is 0. The third-order valence-corrected chi connectivity index (χ3v) is 4.64. The van der Waals surface area contributed by atoms with E-state index in [0.29, 0.717) is 17.3 Å². The molecule has 0 amide bonds. The third-order valence-electron chi connectivity index (χ3n) is 3.15. The Hall–Kier alpha value is -0.950. The van der Waals surface area contributed by atoms with Gasteiger partial charge in [0, 0.05) is 17.4 Å². The molecule has 0 aromatic carbocycles. The second-order valence-electron chi connectivity index (χ2n) is 4.37. The Kier molecular flexibility index (Phi) is 4.11. The number of hydrogen-bond donors (Lipinski definition) is 4. The van der Waals surface area contributed by atoms with E-state index in [-0.39, 0.29) is 12.5 Å². The molecule has 2 heterocycles. The number of carbonyl (C=O) groups is 1. The van der Waals surface area contributed by atoms with Gasteiger partial charge in [-0.25, -0.2) is 10.8 Å². The van der Waals surface area contributed by atoms with Gasteiger partial charge in [-0.15, -0.1) is 0 Å². The van der Waals surface area contributed by atoms with Crippen LogP contribution in [0.3, 0.4) is 0 Å². The van der Waals surface area contributed by atoms with Crippen LogP contribution >= 0.6 is 11.8 Å². The Morgan fingerprint density at radius 3 is 3.18 bits per heavy atom. The van der Waals surface area contributed by atoms with Crippen LogP contribution in [0.2, 0.25) is 0 Å². The van der Waals surface area contributed by atoms with Crippen molar-refractivity contribution in [3.05, 3.63) is 0 Å². The Morgan fingerprint density at radius 1 is 1.65 bits per heavy atom. The highest BCUT2D eigenvalue weighted by Crippen LogP contribution is 2.35. The quantitative estimate of drug-likeness (QED) is 0.312. The van der Waals surface area contributed by atoms with Gasteiger partial charge in [-0.05, 0) is 12.8 Å². The number of carboxylic acids is 1. The van der Waals surface area contributed by atoms with E-state index >= 15 is 0 Å². The van der Waals surface area contributed by atoms with Crippen LogP contribution in [-0.4, -0.2) is 40.1 Å². The molecule has 1 fully saturated rings. The van der Waals surface area contributed by atoms with Gasteiger partial charge in [0.1, 0.15) is 0 Å². The third kappa shape index (κ3) is 3.04. The number of aliphatic imine (C=N–C) groups is 1. The summed E-state index contributed by atoms with van der Waals surface area (Å²) in [6.45, 7) is 0. The highest BCUT2D eigenvalue weighted by Gasteiger charge is 2.40. The number of nitrogens with zero attached hydrogens (tertiary/aromatic N) is 1. The van der Waals surface area contributed by atoms with E-state index in [0.717, 1.165) is 25.0 Å². The first kappa shape index (κ1) is 12.5. The minimum Gasteiger partial charge on any atom is -0.481 e. The zero-order valence-electron chi connectivity index (χ0n) is 9.56. The molecule has 17 heavy (non-hydrogen) atoms. The van der Waals surface area contributed by atoms with Crippen LogP contribution in [0.15, 0.2) is 4.99 Å². The van der Waals surface area contributed by atoms with Crippen molar-refractivity contribution in [1.82, 2.24) is 10.7 Å². The number of hydrazine groups is 1. The molecule has 7 heteroatoms. The number of fused-ring (bicyclic) bond motifs is 1. The van der Waals surface area contributed by atoms with Crippen molar-refractivity contribution in [2.45, 2.75) is 43.0 Å². The highest BCUT2D eigenvalue weighted by atomic mass is 32.2. The Bertz CT molecular complexity index is 323. The zero-order chi connectivity index (χ0) is 12.3. The van der Waals surface area contributed by atoms with E-state index in [1.54, 1.807) is 0 Å². The van der Waals surface area contributed by atoms with Crippen molar-refractivity contribution in [3.63, 3.8) is 0 Å². The van der Waals surface area contributed by atoms with Gasteiger partial charge in [-0.3, -0.25) is 10.2 Å². The smallest absolute Gasteiger partial charge is 0.303 e. The van der Waals surface area contributed by atoms with E-state index in [1.165, 1.54) is 0 Å². The first-order chi connectivity index (χ1) is 8.20. The van der Waals surface area contributed by atoms with Crippen molar-refractivity contribution in [1.29, 1.82) is 0 Å². The largest absolute Gasteiger partial charge is 0.481 e. The number of nitrogens with one attached hydrogen (secondary N) is 2. The molecule has 2 aliphatic heterocycles. The summed E-state index contributed by atoms with van der Waals surface area (Å²) in [5.41, 5.74) is 2.55. The molecule has 2 rings (SSSR count). The average Bonchev–Trinajstić information content (AvgIpc) is 2.84. The second-order valence-corrected chi connectivity index (χ2v) is 5.65. The molecular weight excluding hydrogens is 240 g/mol. The van der Waals surface area contributed by atoms with E-state index in [1.807, 2.05) is 11.8 Å². The number of aliphatic carboxylic acids is 1. The van der Waals surface area contributed by atoms with Crippen LogP contribution in [-0.2, 0) is 4.79 Å². The maximum atomic E-state index is 10.4. The minimum absolute atomic E-state index is 0.266. The molecule has 96 valence electrons. The fourth-order valence-corrected chi connectivity index (χ4v) is 3.82. The van der Waals surface area contributed by atoms with Gasteiger partial charge in [0.15, 0.2) is 0 Å². The van der Waals surface area contributed by atoms with Crippen molar-refractivity contribution >= 4 is 23.7 Å². The molecule has 0 saturated carbocycles. The Morgan fingerprint density at radius 2 is 2.47 bits per heavy atom. The Labute approximate surface area is 104 Å². The number of hydrogen-bond acceptors (Lipinski definition) is 6. The van der Waals surface area contributed by atoms with Crippen LogP contribution in [0, 0.1) is 0 Å². The summed E-state index contributed by atoms with van der Waals surface area (Å²) in [6, 6.07) is 0.673. The molecule has 1 saturated heterocycles. The van der Waals surface area contributed by atoms with Gasteiger partial charge in [-0.1, -0.05) is 6.42 Å². The predicted molar refractivity (Wildman–Crippen MR) is 67.8 cm³/mol. The van der Waals surface area contributed by atoms with Gasteiger partial charge in [0.25, 0.3) is 0 Å². The molecule has 3 atom stereocenters. The van der Waals surface area contributed by atoms with Crippen LogP contribution < -0.4 is 16.6 Å². The van der Waals surface area contributed by atoms with Crippen molar-refractivity contribution < 1.29 is 9.90 Å². The van der Waals surface area contributed by atoms with Crippen molar-refractivity contribution in [2.75, 3.05) is 5.75 Å². The molecule has 0 aliphatic carbocycles. The van der Waals surface area contributed by atoms with Crippen LogP contribution in [0.25, 0.3) is 0 Å². The fraction of sp³-hybridized carbons (Fsp3) is 0.800. The lowest BCUT2D eigenvalue weighted by molar-refractivity contribution is -0.137. The molecule has 0 spiro atoms. The molecule has 0 aromatic rings. The van der Waals surface area contributed by atoms with Crippen molar-refractivity contribution in [3.8, 4) is 0 Å². The second kappa shape index (κ2) is 5.59. The summed E-state index contributed by atoms with van der Waals surface area (Å²) in [5.74, 6) is 6.33. The summed E-state index contributed by atoms with van der Waals surface area (Å²) in [4.78, 5) is 14.9. The topological polar surface area (TPSA) is 99.7 Å². The zero-order valence-corrected chi connectivity index (χ0v) is 10.4. The van der Waals surface area contributed by atoms with Gasteiger partial charge in [0.05, 0.1) is 12.1 Å². The monoisotopic (exact) mass is 258 g/mol. The number of rotatable bonds is 5. The molecular formula is C10H18N4O2S. The van der Waals surface area contributed by atoms with E-state index in [9.17, 15) is 4.79 Å². The molecule has 0 unspecified atom stereocenters. The maximum Gasteiger partial charge on any atom is 0.303 e. The maximum absolute atomic E-state index is 10.4. The minimum atomic E-state index is -0.711. The van der Waals surface area contributed by atoms with E-state index < -0.39 is 5.97 Å². The number of nitrogens with two attached hydrogens (primary N) is 1. The van der Waals surface area contributed by atoms with Gasteiger partial charge in [-0.2, -0.15) is 11.8 Å². The highest BCUT2D eigenvalue weighted by molar-refractivity contribution is 8.00. The van der Waals surface area contributed by atoms with Crippen LogP contribution in [0.5, 0.6) is 0 Å². The first-order valence-corrected chi connectivity index (χ1v) is 6.90. The van der Waals surface area contributed by atoms with Gasteiger partial charge < -0.3 is 10.4 Å². The summed E-state index contributed by atoms with van der Waals surface area (Å²) >= 11 is 1.92. The predicted octanol–water partition coefficient (Wildman–Crippen LogP) is -0.0935. The van der Waals surface area contributed by atoms with Gasteiger partial charge in [0.2, 0.25) is 5.96 Å². The summed E-state index contributed by atoms with van der Waals surface area (Å²) < 4.78 is 0. The summed E-state index contributed by atoms with van der Waals surface area (Å²) in [5, 5.41) is 12.3. The molecule has 6 nitrogen and oxygen atoms in total. The number of unbranched alkanes of at least 4 members (excludes halogenated alkanes) is 1. The number of thioether (sulfide) groups is 1. The molecule has 5 N–H and O–H groups in total. The Balaban J connectivity index is 1.75. The first-order valence-electron chi connectivity index (χ1n) is 5.85. The molecule has 0 bridgehead atoms. The van der Waals surface area contributed by atoms with Crippen molar-refractivity contribution in [2.24, 2.45) is 10.8 Å². The van der Waals surface area contributed by atoms with E-state index in [4.69, 9.17) is 10.9 Å². The van der Waals surface area contributed by atoms with Crippen LogP contribution in [0.4, 0.5) is 0 Å². The lowest BCUT2D eigenvalue weighted by Gasteiger charge is -2.13. The fourth-order valence-electron chi connectivity index (χ4n) is 2.30. The standard InChI is InChI=1S/C10H18N4O2S/c11-14-10-12-6-5-17-7(9(6)13-10)3-1-2-4-8(15)16/h6-7,9H,1-5,11H2,(H,15,16)(H2,12,13,14)/t6-,7-,9-/m0/s1. The molecule has 2 aliphatic rings. The SMILES string of the molecule is NNC1=N[C@H]2[C@H](CS[C@H]2CCCCC(=O)O)N1. The lowest BCUT2D eigenvalue weighted by Crippen LogP contribution is -2.43. The number of carboxylic acid groups (broad SMARTS) is 1. The lowest BCUT2D eigenvalue weighted by atomic mass is 10.0. The van der Waals surface area contributed by atoms with Crippen LogP contribution in [0.1, 0.15) is 25.7 Å².